The number of aromatic nitrogens is 2. The maximum Gasteiger partial charge on any atom is 0.119 e. The molecule has 92 valence electrons. The lowest BCUT2D eigenvalue weighted by Crippen LogP contribution is -2.13. The van der Waals surface area contributed by atoms with E-state index in [0.29, 0.717) is 6.10 Å². The van der Waals surface area contributed by atoms with Crippen LogP contribution in [0.25, 0.3) is 0 Å². The van der Waals surface area contributed by atoms with Crippen molar-refractivity contribution in [2.24, 2.45) is 5.73 Å². The van der Waals surface area contributed by atoms with Gasteiger partial charge in [-0.05, 0) is 30.5 Å². The van der Waals surface area contributed by atoms with Gasteiger partial charge in [-0.2, -0.15) is 0 Å². The van der Waals surface area contributed by atoms with Crippen LogP contribution in [0.15, 0.2) is 42.9 Å². The van der Waals surface area contributed by atoms with Crippen LogP contribution in [0.5, 0.6) is 5.75 Å². The van der Waals surface area contributed by atoms with Gasteiger partial charge in [-0.1, -0.05) is 12.1 Å². The second-order valence-electron chi connectivity index (χ2n) is 4.49. The first kappa shape index (κ1) is 11.2. The standard InChI is InChI=1S/C14H15N3O/c15-14(13-9-16-7-8-17-13)10-1-3-11(4-2-10)18-12-5-6-12/h1-4,7-9,12,14H,5-6,15H2. The Morgan fingerprint density at radius 2 is 1.94 bits per heavy atom. The van der Waals surface area contributed by atoms with Gasteiger partial charge in [0, 0.05) is 12.4 Å². The molecule has 0 saturated heterocycles. The van der Waals surface area contributed by atoms with Crippen LogP contribution < -0.4 is 10.5 Å². The van der Waals surface area contributed by atoms with Gasteiger partial charge in [0.05, 0.1) is 24.0 Å². The Labute approximate surface area is 106 Å². The Morgan fingerprint density at radius 1 is 1.17 bits per heavy atom. The smallest absolute Gasteiger partial charge is 0.119 e. The van der Waals surface area contributed by atoms with E-state index in [1.165, 1.54) is 12.8 Å². The molecule has 4 heteroatoms. The van der Waals surface area contributed by atoms with Crippen LogP contribution in [0.1, 0.15) is 30.1 Å². The van der Waals surface area contributed by atoms with E-state index in [-0.39, 0.29) is 6.04 Å². The SMILES string of the molecule is NC(c1ccc(OC2CC2)cc1)c1cnccn1. The number of benzene rings is 1. The second kappa shape index (κ2) is 4.74. The molecule has 0 aliphatic heterocycles. The largest absolute Gasteiger partial charge is 0.490 e. The quantitative estimate of drug-likeness (QED) is 0.890. The highest BCUT2D eigenvalue weighted by Gasteiger charge is 2.23. The summed E-state index contributed by atoms with van der Waals surface area (Å²) < 4.78 is 5.70. The number of rotatable bonds is 4. The van der Waals surface area contributed by atoms with Crippen LogP contribution in [0.2, 0.25) is 0 Å². The summed E-state index contributed by atoms with van der Waals surface area (Å²) >= 11 is 0. The summed E-state index contributed by atoms with van der Waals surface area (Å²) in [4.78, 5) is 8.25. The van der Waals surface area contributed by atoms with Crippen molar-refractivity contribution in [3.05, 3.63) is 54.1 Å². The molecule has 1 unspecified atom stereocenters. The van der Waals surface area contributed by atoms with Gasteiger partial charge < -0.3 is 10.5 Å². The molecule has 1 aliphatic rings. The van der Waals surface area contributed by atoms with Crippen LogP contribution in [-0.2, 0) is 0 Å². The van der Waals surface area contributed by atoms with Gasteiger partial charge >= 0.3 is 0 Å². The number of nitrogens with two attached hydrogens (primary N) is 1. The average Bonchev–Trinajstić information content (AvgIpc) is 3.24. The Bertz CT molecular complexity index is 508. The first-order valence-corrected chi connectivity index (χ1v) is 6.11. The maximum absolute atomic E-state index is 6.14. The van der Waals surface area contributed by atoms with Crippen molar-refractivity contribution in [2.45, 2.75) is 25.0 Å². The van der Waals surface area contributed by atoms with E-state index in [9.17, 15) is 0 Å². The molecule has 18 heavy (non-hydrogen) atoms. The van der Waals surface area contributed by atoms with Crippen molar-refractivity contribution in [3.8, 4) is 5.75 Å². The molecule has 0 bridgehead atoms. The third kappa shape index (κ3) is 2.49. The first-order chi connectivity index (χ1) is 8.83. The summed E-state index contributed by atoms with van der Waals surface area (Å²) in [5.74, 6) is 0.910. The molecule has 1 aromatic carbocycles. The van der Waals surface area contributed by atoms with Crippen LogP contribution in [0.4, 0.5) is 0 Å². The van der Waals surface area contributed by atoms with E-state index in [1.54, 1.807) is 18.6 Å². The summed E-state index contributed by atoms with van der Waals surface area (Å²) in [6.07, 6.45) is 7.74. The molecule has 1 aliphatic carbocycles. The minimum absolute atomic E-state index is 0.242. The zero-order valence-corrected chi connectivity index (χ0v) is 9.99. The normalized spacial score (nSPS) is 16.3. The average molecular weight is 241 g/mol. The third-order valence-electron chi connectivity index (χ3n) is 2.97. The van der Waals surface area contributed by atoms with Gasteiger partial charge in [-0.3, -0.25) is 9.97 Å². The maximum atomic E-state index is 6.14. The molecule has 0 amide bonds. The van der Waals surface area contributed by atoms with Gasteiger partial charge in [0.25, 0.3) is 0 Å². The van der Waals surface area contributed by atoms with E-state index >= 15 is 0 Å². The molecular weight excluding hydrogens is 226 g/mol. The number of hydrogen-bond acceptors (Lipinski definition) is 4. The Morgan fingerprint density at radius 3 is 2.56 bits per heavy atom. The summed E-state index contributed by atoms with van der Waals surface area (Å²) in [5.41, 5.74) is 7.92. The van der Waals surface area contributed by atoms with Gasteiger partial charge in [-0.25, -0.2) is 0 Å². The van der Waals surface area contributed by atoms with E-state index in [0.717, 1.165) is 17.0 Å². The van der Waals surface area contributed by atoms with Crippen molar-refractivity contribution in [1.82, 2.24) is 9.97 Å². The first-order valence-electron chi connectivity index (χ1n) is 6.11. The Kier molecular flexibility index (Phi) is 2.94. The van der Waals surface area contributed by atoms with E-state index in [2.05, 4.69) is 9.97 Å². The van der Waals surface area contributed by atoms with Crippen LogP contribution in [0.3, 0.4) is 0 Å². The van der Waals surface area contributed by atoms with Gasteiger partial charge in [-0.15, -0.1) is 0 Å². The molecule has 0 radical (unpaired) electrons. The molecule has 1 atom stereocenters. The van der Waals surface area contributed by atoms with Crippen LogP contribution >= 0.6 is 0 Å². The second-order valence-corrected chi connectivity index (χ2v) is 4.49. The summed E-state index contributed by atoms with van der Waals surface area (Å²) in [7, 11) is 0. The minimum atomic E-state index is -0.242. The topological polar surface area (TPSA) is 61.0 Å². The van der Waals surface area contributed by atoms with Crippen molar-refractivity contribution in [2.75, 3.05) is 0 Å². The van der Waals surface area contributed by atoms with Crippen molar-refractivity contribution in [1.29, 1.82) is 0 Å². The predicted octanol–water partition coefficient (Wildman–Crippen LogP) is 2.07. The molecule has 2 N–H and O–H groups in total. The number of ether oxygens (including phenoxy) is 1. The summed E-state index contributed by atoms with van der Waals surface area (Å²) in [5, 5.41) is 0. The van der Waals surface area contributed by atoms with Crippen molar-refractivity contribution in [3.63, 3.8) is 0 Å². The fraction of sp³-hybridized carbons (Fsp3) is 0.286. The van der Waals surface area contributed by atoms with E-state index in [1.807, 2.05) is 24.3 Å². The highest BCUT2D eigenvalue weighted by atomic mass is 16.5. The molecule has 1 fully saturated rings. The third-order valence-corrected chi connectivity index (χ3v) is 2.97. The molecule has 3 rings (SSSR count). The van der Waals surface area contributed by atoms with Gasteiger partial charge in [0.15, 0.2) is 0 Å². The lowest BCUT2D eigenvalue weighted by molar-refractivity contribution is 0.303. The highest BCUT2D eigenvalue weighted by molar-refractivity contribution is 5.32. The van der Waals surface area contributed by atoms with Gasteiger partial charge in [0.1, 0.15) is 5.75 Å². The van der Waals surface area contributed by atoms with Gasteiger partial charge in [0.2, 0.25) is 0 Å². The van der Waals surface area contributed by atoms with E-state index in [4.69, 9.17) is 10.5 Å². The summed E-state index contributed by atoms with van der Waals surface area (Å²) in [6.45, 7) is 0. The summed E-state index contributed by atoms with van der Waals surface area (Å²) in [6, 6.07) is 7.65. The molecule has 1 saturated carbocycles. The molecule has 2 aromatic rings. The van der Waals surface area contributed by atoms with E-state index < -0.39 is 0 Å². The molecular formula is C14H15N3O. The molecule has 1 heterocycles. The molecule has 4 nitrogen and oxygen atoms in total. The number of hydrogen-bond donors (Lipinski definition) is 1. The molecule has 1 aromatic heterocycles. The van der Waals surface area contributed by atoms with Crippen molar-refractivity contribution < 1.29 is 4.74 Å². The number of nitrogens with zero attached hydrogens (tertiary/aromatic N) is 2. The Hall–Kier alpha value is -1.94. The van der Waals surface area contributed by atoms with Crippen LogP contribution in [-0.4, -0.2) is 16.1 Å². The Balaban J connectivity index is 1.75. The molecule has 0 spiro atoms. The zero-order valence-electron chi connectivity index (χ0n) is 9.99. The lowest BCUT2D eigenvalue weighted by atomic mass is 10.1. The predicted molar refractivity (Wildman–Crippen MR) is 68.2 cm³/mol. The minimum Gasteiger partial charge on any atom is -0.490 e. The highest BCUT2D eigenvalue weighted by Crippen LogP contribution is 2.27. The van der Waals surface area contributed by atoms with Crippen LogP contribution in [0, 0.1) is 0 Å². The van der Waals surface area contributed by atoms with Crippen molar-refractivity contribution >= 4 is 0 Å². The lowest BCUT2D eigenvalue weighted by Gasteiger charge is -2.12. The monoisotopic (exact) mass is 241 g/mol. The fourth-order valence-corrected chi connectivity index (χ4v) is 1.77. The fourth-order valence-electron chi connectivity index (χ4n) is 1.77. The zero-order chi connectivity index (χ0) is 12.4.